The molecule has 1 rings (SSSR count). The zero-order chi connectivity index (χ0) is 16.0. The first kappa shape index (κ1) is 16.9. The third-order valence-corrected chi connectivity index (χ3v) is 2.96. The van der Waals surface area contributed by atoms with Gasteiger partial charge in [0.1, 0.15) is 5.56 Å². The maximum atomic E-state index is 11.8. The Kier molecular flexibility index (Phi) is 6.10. The highest BCUT2D eigenvalue weighted by molar-refractivity contribution is 6.31. The Labute approximate surface area is 126 Å². The van der Waals surface area contributed by atoms with Crippen LogP contribution in [0, 0.1) is 10.1 Å². The Morgan fingerprint density at radius 3 is 2.71 bits per heavy atom. The summed E-state index contributed by atoms with van der Waals surface area (Å²) in [6.07, 6.45) is 0.736. The molecule has 0 saturated carbocycles. The number of carbonyl (C=O) groups excluding carboxylic acids is 2. The van der Waals surface area contributed by atoms with Crippen LogP contribution >= 0.6 is 11.6 Å². The van der Waals surface area contributed by atoms with Crippen molar-refractivity contribution in [1.29, 1.82) is 0 Å². The van der Waals surface area contributed by atoms with E-state index in [2.05, 4.69) is 5.32 Å². The van der Waals surface area contributed by atoms with Crippen LogP contribution in [0.2, 0.25) is 5.02 Å². The van der Waals surface area contributed by atoms with Crippen LogP contribution in [0.5, 0.6) is 0 Å². The molecule has 1 aromatic carbocycles. The molecule has 1 amide bonds. The largest absolute Gasteiger partial charge is 0.452 e. The van der Waals surface area contributed by atoms with E-state index in [-0.39, 0.29) is 16.6 Å². The van der Waals surface area contributed by atoms with E-state index in [4.69, 9.17) is 16.3 Å². The maximum Gasteiger partial charge on any atom is 0.345 e. The molecule has 0 heterocycles. The molecule has 0 fully saturated rings. The fraction of sp³-hybridized carbons (Fsp3) is 0.385. The number of ether oxygens (including phenoxy) is 1. The first-order valence-electron chi connectivity index (χ1n) is 6.25. The number of rotatable bonds is 6. The fourth-order valence-corrected chi connectivity index (χ4v) is 1.63. The second kappa shape index (κ2) is 7.58. The molecule has 1 atom stereocenters. The van der Waals surface area contributed by atoms with Crippen LogP contribution < -0.4 is 5.32 Å². The number of hydrogen-bond donors (Lipinski definition) is 1. The first-order valence-corrected chi connectivity index (χ1v) is 6.63. The highest BCUT2D eigenvalue weighted by Crippen LogP contribution is 2.23. The Hall–Kier alpha value is -2.15. The van der Waals surface area contributed by atoms with Crippen molar-refractivity contribution in [3.05, 3.63) is 38.9 Å². The lowest BCUT2D eigenvalue weighted by Crippen LogP contribution is -2.35. The minimum absolute atomic E-state index is 0.0447. The van der Waals surface area contributed by atoms with Crippen LogP contribution in [0.15, 0.2) is 18.2 Å². The number of hydrogen-bond acceptors (Lipinski definition) is 5. The third kappa shape index (κ3) is 5.03. The molecule has 0 radical (unpaired) electrons. The number of esters is 1. The summed E-state index contributed by atoms with van der Waals surface area (Å²) in [6, 6.07) is 3.50. The summed E-state index contributed by atoms with van der Waals surface area (Å²) in [6.45, 7) is 3.20. The molecule has 0 saturated heterocycles. The van der Waals surface area contributed by atoms with E-state index in [1.165, 1.54) is 6.07 Å². The van der Waals surface area contributed by atoms with Crippen molar-refractivity contribution < 1.29 is 19.2 Å². The van der Waals surface area contributed by atoms with Gasteiger partial charge in [0.25, 0.3) is 11.6 Å². The van der Waals surface area contributed by atoms with Gasteiger partial charge in [-0.05, 0) is 25.5 Å². The van der Waals surface area contributed by atoms with Gasteiger partial charge in [-0.1, -0.05) is 18.5 Å². The van der Waals surface area contributed by atoms with Crippen molar-refractivity contribution in [3.8, 4) is 0 Å². The molecule has 0 aromatic heterocycles. The smallest absolute Gasteiger partial charge is 0.345 e. The summed E-state index contributed by atoms with van der Waals surface area (Å²) < 4.78 is 4.77. The van der Waals surface area contributed by atoms with Crippen molar-refractivity contribution in [2.45, 2.75) is 26.3 Å². The molecule has 0 bridgehead atoms. The van der Waals surface area contributed by atoms with E-state index < -0.39 is 29.1 Å². The molecule has 0 aliphatic rings. The van der Waals surface area contributed by atoms with Crippen molar-refractivity contribution in [2.75, 3.05) is 6.61 Å². The number of halogens is 1. The average molecular weight is 315 g/mol. The lowest BCUT2D eigenvalue weighted by atomic mass is 10.2. The Balaban J connectivity index is 2.74. The normalized spacial score (nSPS) is 11.6. The van der Waals surface area contributed by atoms with Gasteiger partial charge in [-0.3, -0.25) is 14.9 Å². The Morgan fingerprint density at radius 2 is 2.14 bits per heavy atom. The van der Waals surface area contributed by atoms with Crippen LogP contribution in [0.4, 0.5) is 5.69 Å². The molecule has 1 aromatic rings. The van der Waals surface area contributed by atoms with Crippen LogP contribution in [0.3, 0.4) is 0 Å². The van der Waals surface area contributed by atoms with Crippen LogP contribution in [0.25, 0.3) is 0 Å². The number of nitro benzene ring substituents is 1. The molecule has 114 valence electrons. The molecule has 1 N–H and O–H groups in total. The van der Waals surface area contributed by atoms with E-state index in [1.54, 1.807) is 0 Å². The Bertz CT molecular complexity index is 561. The summed E-state index contributed by atoms with van der Waals surface area (Å²) >= 11 is 5.71. The highest BCUT2D eigenvalue weighted by Gasteiger charge is 2.22. The number of nitrogens with one attached hydrogen (secondary N) is 1. The number of amides is 1. The molecule has 0 aliphatic carbocycles. The average Bonchev–Trinajstić information content (AvgIpc) is 2.44. The second-order valence-electron chi connectivity index (χ2n) is 4.37. The van der Waals surface area contributed by atoms with E-state index in [0.717, 1.165) is 18.6 Å². The van der Waals surface area contributed by atoms with Gasteiger partial charge in [-0.25, -0.2) is 4.79 Å². The molecule has 21 heavy (non-hydrogen) atoms. The lowest BCUT2D eigenvalue weighted by Gasteiger charge is -2.11. The van der Waals surface area contributed by atoms with Crippen molar-refractivity contribution in [2.24, 2.45) is 0 Å². The molecule has 0 aliphatic heterocycles. The van der Waals surface area contributed by atoms with Gasteiger partial charge in [0.2, 0.25) is 0 Å². The van der Waals surface area contributed by atoms with E-state index in [0.29, 0.717) is 0 Å². The molecule has 0 spiro atoms. The monoisotopic (exact) mass is 314 g/mol. The predicted octanol–water partition coefficient (Wildman–Crippen LogP) is 2.32. The number of benzene rings is 1. The van der Waals surface area contributed by atoms with Gasteiger partial charge < -0.3 is 10.1 Å². The predicted molar refractivity (Wildman–Crippen MR) is 76.3 cm³/mol. The maximum absolute atomic E-state index is 11.8. The molecule has 0 unspecified atom stereocenters. The second-order valence-corrected chi connectivity index (χ2v) is 4.81. The summed E-state index contributed by atoms with van der Waals surface area (Å²) in [5, 5.41) is 13.6. The lowest BCUT2D eigenvalue weighted by molar-refractivity contribution is -0.385. The summed E-state index contributed by atoms with van der Waals surface area (Å²) in [4.78, 5) is 33.4. The zero-order valence-electron chi connectivity index (χ0n) is 11.6. The highest BCUT2D eigenvalue weighted by atomic mass is 35.5. The van der Waals surface area contributed by atoms with E-state index in [1.807, 2.05) is 13.8 Å². The van der Waals surface area contributed by atoms with Crippen molar-refractivity contribution >= 4 is 29.2 Å². The minimum atomic E-state index is -0.969. The number of nitro groups is 1. The third-order valence-electron chi connectivity index (χ3n) is 2.73. The molecular weight excluding hydrogens is 300 g/mol. The van der Waals surface area contributed by atoms with E-state index in [9.17, 15) is 19.7 Å². The fourth-order valence-electron chi connectivity index (χ4n) is 1.46. The number of carbonyl (C=O) groups is 2. The molecular formula is C13H15ClN2O5. The van der Waals surface area contributed by atoms with Gasteiger partial charge in [-0.15, -0.1) is 0 Å². The van der Waals surface area contributed by atoms with Gasteiger partial charge in [0.05, 0.1) is 4.92 Å². The van der Waals surface area contributed by atoms with Crippen LogP contribution in [-0.2, 0) is 9.53 Å². The molecule has 8 heteroatoms. The number of nitrogens with zero attached hydrogens (tertiary/aromatic N) is 1. The van der Waals surface area contributed by atoms with Crippen molar-refractivity contribution in [3.63, 3.8) is 0 Å². The Morgan fingerprint density at radius 1 is 1.48 bits per heavy atom. The standard InChI is InChI=1S/C13H15ClN2O5/c1-3-8(2)15-12(17)7-21-13(18)10-6-9(14)4-5-11(10)16(19)20/h4-6,8H,3,7H2,1-2H3,(H,15,17)/t8-/m1/s1. The van der Waals surface area contributed by atoms with Gasteiger partial charge in [0, 0.05) is 17.1 Å². The zero-order valence-corrected chi connectivity index (χ0v) is 12.3. The first-order chi connectivity index (χ1) is 9.85. The summed E-state index contributed by atoms with van der Waals surface area (Å²) in [7, 11) is 0. The van der Waals surface area contributed by atoms with E-state index >= 15 is 0 Å². The van der Waals surface area contributed by atoms with Gasteiger partial charge in [0.15, 0.2) is 6.61 Å². The van der Waals surface area contributed by atoms with Gasteiger partial charge >= 0.3 is 5.97 Å². The minimum Gasteiger partial charge on any atom is -0.452 e. The van der Waals surface area contributed by atoms with Crippen LogP contribution in [-0.4, -0.2) is 29.4 Å². The van der Waals surface area contributed by atoms with Crippen LogP contribution in [0.1, 0.15) is 30.6 Å². The summed E-state index contributed by atoms with van der Waals surface area (Å²) in [5.41, 5.74) is -0.712. The van der Waals surface area contributed by atoms with Crippen molar-refractivity contribution in [1.82, 2.24) is 5.32 Å². The quantitative estimate of drug-likeness (QED) is 0.493. The van der Waals surface area contributed by atoms with Gasteiger partial charge in [-0.2, -0.15) is 0 Å². The molecule has 7 nitrogen and oxygen atoms in total. The summed E-state index contributed by atoms with van der Waals surface area (Å²) in [5.74, 6) is -1.44. The topological polar surface area (TPSA) is 98.5 Å². The SMILES string of the molecule is CC[C@@H](C)NC(=O)COC(=O)c1cc(Cl)ccc1[N+](=O)[O-].